The number of hydrogen-bond acceptors (Lipinski definition) is 5. The van der Waals surface area contributed by atoms with Gasteiger partial charge in [-0.25, -0.2) is 0 Å². The summed E-state index contributed by atoms with van der Waals surface area (Å²) in [5.41, 5.74) is -0.194. The fourth-order valence-corrected chi connectivity index (χ4v) is 3.78. The molecular weight excluding hydrogens is 421 g/mol. The van der Waals surface area contributed by atoms with Gasteiger partial charge in [0.2, 0.25) is 5.91 Å². The van der Waals surface area contributed by atoms with Crippen molar-refractivity contribution in [2.75, 3.05) is 23.9 Å². The molecular formula is C20H17F3N2O4S. The average molecular weight is 438 g/mol. The lowest BCUT2D eigenvalue weighted by Crippen LogP contribution is -2.34. The first-order valence-corrected chi connectivity index (χ1v) is 9.69. The third kappa shape index (κ3) is 5.12. The maximum absolute atomic E-state index is 12.8. The summed E-state index contributed by atoms with van der Waals surface area (Å²) in [6.45, 7) is -0.491. The Kier molecular flexibility index (Phi) is 6.35. The number of halogens is 3. The van der Waals surface area contributed by atoms with Gasteiger partial charge in [0.25, 0.3) is 5.91 Å². The standard InChI is InChI=1S/C20H17F3N2O4S/c1-25(13-5-3-2-4-6-13)17(26)11-29-18(27)10-16-19(28)24-14-9-12(20(21,22)23)7-8-15(14)30-16/h2-9,16H,10-11H2,1H3,(H,24,28). The molecule has 0 fully saturated rings. The lowest BCUT2D eigenvalue weighted by Gasteiger charge is -2.24. The van der Waals surface area contributed by atoms with E-state index in [1.54, 1.807) is 37.4 Å². The minimum absolute atomic E-state index is 0.0455. The van der Waals surface area contributed by atoms with E-state index in [1.165, 1.54) is 11.0 Å². The second kappa shape index (κ2) is 8.78. The number of rotatable bonds is 5. The van der Waals surface area contributed by atoms with E-state index in [-0.39, 0.29) is 12.1 Å². The summed E-state index contributed by atoms with van der Waals surface area (Å²) in [5, 5.41) is 1.52. The zero-order chi connectivity index (χ0) is 21.9. The number of nitrogens with one attached hydrogen (secondary N) is 1. The molecule has 2 aromatic carbocycles. The molecule has 1 N–H and O–H groups in total. The van der Waals surface area contributed by atoms with E-state index >= 15 is 0 Å². The number of likely N-dealkylation sites (N-methyl/N-ethyl adjacent to an activating group) is 1. The van der Waals surface area contributed by atoms with Gasteiger partial charge in [-0.2, -0.15) is 13.2 Å². The zero-order valence-corrected chi connectivity index (χ0v) is 16.5. The van der Waals surface area contributed by atoms with Crippen LogP contribution in [0, 0.1) is 0 Å². The predicted octanol–water partition coefficient (Wildman–Crippen LogP) is 3.71. The van der Waals surface area contributed by atoms with Crippen molar-refractivity contribution in [1.29, 1.82) is 0 Å². The van der Waals surface area contributed by atoms with E-state index in [4.69, 9.17) is 4.74 Å². The van der Waals surface area contributed by atoms with Gasteiger partial charge in [-0.15, -0.1) is 11.8 Å². The number of carbonyl (C=O) groups excluding carboxylic acids is 3. The fourth-order valence-electron chi connectivity index (χ4n) is 2.71. The molecule has 0 spiro atoms. The number of esters is 1. The van der Waals surface area contributed by atoms with Crippen LogP contribution in [0.3, 0.4) is 0 Å². The van der Waals surface area contributed by atoms with Crippen molar-refractivity contribution in [3.63, 3.8) is 0 Å². The second-order valence-electron chi connectivity index (χ2n) is 6.46. The molecule has 0 saturated heterocycles. The van der Waals surface area contributed by atoms with Crippen molar-refractivity contribution < 1.29 is 32.3 Å². The van der Waals surface area contributed by atoms with Gasteiger partial charge in [-0.3, -0.25) is 14.4 Å². The molecule has 1 unspecified atom stereocenters. The summed E-state index contributed by atoms with van der Waals surface area (Å²) in [5.74, 6) is -1.80. The molecule has 6 nitrogen and oxygen atoms in total. The lowest BCUT2D eigenvalue weighted by atomic mass is 10.1. The van der Waals surface area contributed by atoms with Crippen LogP contribution in [0.15, 0.2) is 53.4 Å². The number of alkyl halides is 3. The van der Waals surface area contributed by atoms with Crippen molar-refractivity contribution in [3.05, 3.63) is 54.1 Å². The Bertz CT molecular complexity index is 966. The third-order valence-corrected chi connectivity index (χ3v) is 5.63. The van der Waals surface area contributed by atoms with Crippen LogP contribution in [0.2, 0.25) is 0 Å². The fraction of sp³-hybridized carbons (Fsp3) is 0.250. The molecule has 30 heavy (non-hydrogen) atoms. The largest absolute Gasteiger partial charge is 0.456 e. The molecule has 0 bridgehead atoms. The number of ether oxygens (including phenoxy) is 1. The quantitative estimate of drug-likeness (QED) is 0.721. The summed E-state index contributed by atoms with van der Waals surface area (Å²) in [7, 11) is 1.54. The first kappa shape index (κ1) is 21.7. The number of anilines is 2. The summed E-state index contributed by atoms with van der Waals surface area (Å²) in [4.78, 5) is 38.2. The normalized spacial score (nSPS) is 15.7. The molecule has 0 aliphatic carbocycles. The van der Waals surface area contributed by atoms with Crippen LogP contribution in [0.25, 0.3) is 0 Å². The molecule has 2 amide bonds. The van der Waals surface area contributed by atoms with E-state index in [0.29, 0.717) is 10.6 Å². The van der Waals surface area contributed by atoms with Gasteiger partial charge >= 0.3 is 12.1 Å². The Balaban J connectivity index is 1.56. The topological polar surface area (TPSA) is 75.7 Å². The van der Waals surface area contributed by atoms with Crippen LogP contribution in [0.4, 0.5) is 24.5 Å². The van der Waals surface area contributed by atoms with Crippen LogP contribution in [-0.2, 0) is 25.3 Å². The predicted molar refractivity (Wildman–Crippen MR) is 105 cm³/mol. The first-order chi connectivity index (χ1) is 14.1. The highest BCUT2D eigenvalue weighted by Crippen LogP contribution is 2.40. The van der Waals surface area contributed by atoms with Gasteiger partial charge in [0, 0.05) is 17.6 Å². The van der Waals surface area contributed by atoms with Crippen LogP contribution < -0.4 is 10.2 Å². The van der Waals surface area contributed by atoms with Crippen molar-refractivity contribution in [2.24, 2.45) is 0 Å². The lowest BCUT2D eigenvalue weighted by molar-refractivity contribution is -0.148. The van der Waals surface area contributed by atoms with Gasteiger partial charge in [-0.05, 0) is 30.3 Å². The van der Waals surface area contributed by atoms with Crippen LogP contribution in [-0.4, -0.2) is 36.7 Å². The van der Waals surface area contributed by atoms with Gasteiger partial charge in [0.1, 0.15) is 0 Å². The number of nitrogens with zero attached hydrogens (tertiary/aromatic N) is 1. The van der Waals surface area contributed by atoms with Crippen LogP contribution in [0.1, 0.15) is 12.0 Å². The van der Waals surface area contributed by atoms with E-state index in [2.05, 4.69) is 5.32 Å². The molecule has 0 saturated carbocycles. The minimum atomic E-state index is -4.52. The smallest absolute Gasteiger partial charge is 0.416 e. The number of benzene rings is 2. The van der Waals surface area contributed by atoms with Gasteiger partial charge in [0.15, 0.2) is 6.61 Å². The van der Waals surface area contributed by atoms with Crippen LogP contribution >= 0.6 is 11.8 Å². The Morgan fingerprint density at radius 2 is 1.87 bits per heavy atom. The van der Waals surface area contributed by atoms with E-state index in [0.717, 1.165) is 23.9 Å². The number of hydrogen-bond donors (Lipinski definition) is 1. The maximum Gasteiger partial charge on any atom is 0.416 e. The molecule has 10 heteroatoms. The van der Waals surface area contributed by atoms with Crippen molar-refractivity contribution in [3.8, 4) is 0 Å². The van der Waals surface area contributed by atoms with Crippen molar-refractivity contribution in [1.82, 2.24) is 0 Å². The highest BCUT2D eigenvalue weighted by atomic mass is 32.2. The van der Waals surface area contributed by atoms with Gasteiger partial charge in [0.05, 0.1) is 22.9 Å². The molecule has 2 aromatic rings. The van der Waals surface area contributed by atoms with Crippen LogP contribution in [0.5, 0.6) is 0 Å². The number of para-hydroxylation sites is 1. The Morgan fingerprint density at radius 1 is 1.17 bits per heavy atom. The molecule has 1 atom stereocenters. The molecule has 1 aliphatic heterocycles. The number of amides is 2. The number of thioether (sulfide) groups is 1. The Labute approximate surface area is 174 Å². The summed E-state index contributed by atoms with van der Waals surface area (Å²) >= 11 is 0.975. The molecule has 3 rings (SSSR count). The summed E-state index contributed by atoms with van der Waals surface area (Å²) in [6.07, 6.45) is -4.84. The Morgan fingerprint density at radius 3 is 2.53 bits per heavy atom. The monoisotopic (exact) mass is 438 g/mol. The molecule has 158 valence electrons. The average Bonchev–Trinajstić information content (AvgIpc) is 2.71. The number of fused-ring (bicyclic) bond motifs is 1. The third-order valence-electron chi connectivity index (χ3n) is 4.35. The summed E-state index contributed by atoms with van der Waals surface area (Å²) in [6, 6.07) is 11.8. The SMILES string of the molecule is CN(C(=O)COC(=O)CC1Sc2ccc(C(F)(F)F)cc2NC1=O)c1ccccc1. The summed E-state index contributed by atoms with van der Waals surface area (Å²) < 4.78 is 43.4. The maximum atomic E-state index is 12.8. The minimum Gasteiger partial charge on any atom is -0.456 e. The Hall–Kier alpha value is -3.01. The number of carbonyl (C=O) groups is 3. The van der Waals surface area contributed by atoms with Crippen molar-refractivity contribution in [2.45, 2.75) is 22.7 Å². The zero-order valence-electron chi connectivity index (χ0n) is 15.7. The molecule has 1 heterocycles. The van der Waals surface area contributed by atoms with E-state index in [1.807, 2.05) is 0 Å². The molecule has 1 aliphatic rings. The molecule has 0 aromatic heterocycles. The second-order valence-corrected chi connectivity index (χ2v) is 7.70. The highest BCUT2D eigenvalue weighted by Gasteiger charge is 2.34. The van der Waals surface area contributed by atoms with Gasteiger partial charge in [-0.1, -0.05) is 18.2 Å². The van der Waals surface area contributed by atoms with E-state index in [9.17, 15) is 27.6 Å². The van der Waals surface area contributed by atoms with Gasteiger partial charge < -0.3 is 15.0 Å². The highest BCUT2D eigenvalue weighted by molar-refractivity contribution is 8.01. The first-order valence-electron chi connectivity index (χ1n) is 8.81. The van der Waals surface area contributed by atoms with E-state index < -0.39 is 41.4 Å². The van der Waals surface area contributed by atoms with Crippen molar-refractivity contribution >= 4 is 40.9 Å². The molecule has 0 radical (unpaired) electrons.